The van der Waals surface area contributed by atoms with E-state index in [2.05, 4.69) is 4.98 Å². The molecule has 0 aliphatic carbocycles. The van der Waals surface area contributed by atoms with Gasteiger partial charge in [0, 0.05) is 5.38 Å². The summed E-state index contributed by atoms with van der Waals surface area (Å²) in [5.74, 6) is -0.650. The summed E-state index contributed by atoms with van der Waals surface area (Å²) >= 11 is 1.28. The number of esters is 1. The number of carbonyl (C=O) groups is 2. The third-order valence-electron chi connectivity index (χ3n) is 2.83. The van der Waals surface area contributed by atoms with Gasteiger partial charge in [0.1, 0.15) is 17.4 Å². The number of carbonyl (C=O) groups excluding carboxylic acids is 2. The first-order valence-electron chi connectivity index (χ1n) is 6.60. The van der Waals surface area contributed by atoms with Crippen molar-refractivity contribution in [3.63, 3.8) is 0 Å². The van der Waals surface area contributed by atoms with E-state index in [-0.39, 0.29) is 12.3 Å². The van der Waals surface area contributed by atoms with E-state index in [9.17, 15) is 9.59 Å². The van der Waals surface area contributed by atoms with Gasteiger partial charge in [-0.2, -0.15) is 0 Å². The van der Waals surface area contributed by atoms with E-state index >= 15 is 0 Å². The lowest BCUT2D eigenvalue weighted by Gasteiger charge is -2.07. The lowest BCUT2D eigenvalue weighted by Crippen LogP contribution is -2.30. The molecule has 1 aromatic carbocycles. The van der Waals surface area contributed by atoms with Crippen molar-refractivity contribution in [1.82, 2.24) is 4.98 Å². The second-order valence-electron chi connectivity index (χ2n) is 4.68. The summed E-state index contributed by atoms with van der Waals surface area (Å²) in [4.78, 5) is 26.7. The zero-order valence-corrected chi connectivity index (χ0v) is 13.1. The Morgan fingerprint density at radius 2 is 2.00 bits per heavy atom. The molecule has 0 saturated heterocycles. The summed E-state index contributed by atoms with van der Waals surface area (Å²) in [6.07, 6.45) is -0.985. The largest absolute Gasteiger partial charge is 0.486 e. The Bertz CT molecular complexity index is 666. The molecule has 1 amide bonds. The number of primary amides is 1. The lowest BCUT2D eigenvalue weighted by atomic mass is 10.2. The maximum Gasteiger partial charge on any atom is 0.358 e. The highest BCUT2D eigenvalue weighted by Crippen LogP contribution is 2.16. The van der Waals surface area contributed by atoms with Gasteiger partial charge in [0.2, 0.25) is 0 Å². The molecule has 0 radical (unpaired) electrons. The molecule has 6 nitrogen and oxygen atoms in total. The molecule has 0 fully saturated rings. The Balaban J connectivity index is 1.92. The predicted octanol–water partition coefficient (Wildman–Crippen LogP) is 2.06. The van der Waals surface area contributed by atoms with E-state index in [0.29, 0.717) is 5.01 Å². The summed E-state index contributed by atoms with van der Waals surface area (Å²) in [7, 11) is 0. The van der Waals surface area contributed by atoms with Gasteiger partial charge in [-0.3, -0.25) is 4.79 Å². The van der Waals surface area contributed by atoms with Crippen LogP contribution in [0.2, 0.25) is 0 Å². The molecule has 0 bridgehead atoms. The Labute approximate surface area is 131 Å². The fourth-order valence-electron chi connectivity index (χ4n) is 1.53. The van der Waals surface area contributed by atoms with Crippen molar-refractivity contribution >= 4 is 23.2 Å². The molecule has 0 unspecified atom stereocenters. The minimum absolute atomic E-state index is 0.139. The molecule has 1 aromatic heterocycles. The van der Waals surface area contributed by atoms with Crippen LogP contribution < -0.4 is 10.5 Å². The number of thiazole rings is 1. The summed E-state index contributed by atoms with van der Waals surface area (Å²) in [5, 5.41) is 2.20. The number of nitrogens with two attached hydrogens (primary N) is 1. The normalized spacial score (nSPS) is 11.7. The maximum absolute atomic E-state index is 11.8. The SMILES string of the molecule is Cc1ccc(OCc2nc(C(=O)O[C@@H](C)C(N)=O)cs2)cc1. The van der Waals surface area contributed by atoms with Crippen LogP contribution in [-0.4, -0.2) is 23.0 Å². The zero-order chi connectivity index (χ0) is 16.1. The van der Waals surface area contributed by atoms with E-state index in [4.69, 9.17) is 15.2 Å². The minimum Gasteiger partial charge on any atom is -0.486 e. The van der Waals surface area contributed by atoms with Gasteiger partial charge in [-0.05, 0) is 26.0 Å². The molecule has 0 saturated carbocycles. The highest BCUT2D eigenvalue weighted by atomic mass is 32.1. The van der Waals surface area contributed by atoms with Gasteiger partial charge in [0.05, 0.1) is 0 Å². The van der Waals surface area contributed by atoms with Crippen molar-refractivity contribution in [3.8, 4) is 5.75 Å². The summed E-state index contributed by atoms with van der Waals surface area (Å²) in [6, 6.07) is 7.63. The van der Waals surface area contributed by atoms with Gasteiger partial charge in [-0.1, -0.05) is 17.7 Å². The second-order valence-corrected chi connectivity index (χ2v) is 5.62. The topological polar surface area (TPSA) is 91.5 Å². The first-order valence-corrected chi connectivity index (χ1v) is 7.48. The van der Waals surface area contributed by atoms with Crippen LogP contribution in [0.5, 0.6) is 5.75 Å². The quantitative estimate of drug-likeness (QED) is 0.823. The highest BCUT2D eigenvalue weighted by molar-refractivity contribution is 7.09. The Kier molecular flexibility index (Phi) is 5.11. The number of rotatable bonds is 6. The second kappa shape index (κ2) is 7.04. The average molecular weight is 320 g/mol. The standard InChI is InChI=1S/C15H16N2O4S/c1-9-3-5-11(6-4-9)20-7-13-17-12(8-22-13)15(19)21-10(2)14(16)18/h3-6,8,10H,7H2,1-2H3,(H2,16,18)/t10-/m0/s1. The average Bonchev–Trinajstić information content (AvgIpc) is 2.95. The minimum atomic E-state index is -0.985. The van der Waals surface area contributed by atoms with Gasteiger partial charge in [0.15, 0.2) is 11.8 Å². The fraction of sp³-hybridized carbons (Fsp3) is 0.267. The van der Waals surface area contributed by atoms with E-state index in [0.717, 1.165) is 11.3 Å². The Hall–Kier alpha value is -2.41. The van der Waals surface area contributed by atoms with E-state index in [1.807, 2.05) is 31.2 Å². The van der Waals surface area contributed by atoms with Crippen LogP contribution in [0.15, 0.2) is 29.6 Å². The molecule has 0 spiro atoms. The van der Waals surface area contributed by atoms with Crippen LogP contribution in [-0.2, 0) is 16.1 Å². The predicted molar refractivity (Wildman–Crippen MR) is 81.7 cm³/mol. The molecular formula is C15H16N2O4S. The van der Waals surface area contributed by atoms with Crippen LogP contribution in [0.4, 0.5) is 0 Å². The smallest absolute Gasteiger partial charge is 0.358 e. The van der Waals surface area contributed by atoms with E-state index < -0.39 is 18.0 Å². The molecule has 1 heterocycles. The number of benzene rings is 1. The van der Waals surface area contributed by atoms with Crippen molar-refractivity contribution in [3.05, 3.63) is 45.9 Å². The molecule has 0 aliphatic rings. The summed E-state index contributed by atoms with van der Waals surface area (Å²) in [6.45, 7) is 3.66. The molecule has 2 aromatic rings. The molecule has 2 rings (SSSR count). The highest BCUT2D eigenvalue weighted by Gasteiger charge is 2.18. The van der Waals surface area contributed by atoms with Crippen molar-refractivity contribution in [2.45, 2.75) is 26.6 Å². The third kappa shape index (κ3) is 4.29. The third-order valence-corrected chi connectivity index (χ3v) is 3.65. The lowest BCUT2D eigenvalue weighted by molar-refractivity contribution is -0.125. The molecule has 22 heavy (non-hydrogen) atoms. The van der Waals surface area contributed by atoms with Crippen molar-refractivity contribution in [2.75, 3.05) is 0 Å². The Morgan fingerprint density at radius 3 is 2.64 bits per heavy atom. The van der Waals surface area contributed by atoms with E-state index in [1.165, 1.54) is 18.3 Å². The number of aryl methyl sites for hydroxylation is 1. The monoisotopic (exact) mass is 320 g/mol. The number of amides is 1. The van der Waals surface area contributed by atoms with Gasteiger partial charge >= 0.3 is 5.97 Å². The van der Waals surface area contributed by atoms with Crippen molar-refractivity contribution in [2.24, 2.45) is 5.73 Å². The Morgan fingerprint density at radius 1 is 1.32 bits per heavy atom. The molecule has 1 atom stereocenters. The van der Waals surface area contributed by atoms with Crippen molar-refractivity contribution < 1.29 is 19.1 Å². The number of aromatic nitrogens is 1. The molecule has 2 N–H and O–H groups in total. The summed E-state index contributed by atoms with van der Waals surface area (Å²) < 4.78 is 10.5. The number of ether oxygens (including phenoxy) is 2. The van der Waals surface area contributed by atoms with Crippen LogP contribution >= 0.6 is 11.3 Å². The van der Waals surface area contributed by atoms with Gasteiger partial charge in [-0.25, -0.2) is 9.78 Å². The van der Waals surface area contributed by atoms with Crippen molar-refractivity contribution in [1.29, 1.82) is 0 Å². The zero-order valence-electron chi connectivity index (χ0n) is 12.2. The first-order chi connectivity index (χ1) is 10.5. The molecule has 0 aliphatic heterocycles. The van der Waals surface area contributed by atoms with Crippen LogP contribution in [0.1, 0.15) is 28.0 Å². The van der Waals surface area contributed by atoms with Crippen LogP contribution in [0.25, 0.3) is 0 Å². The molecule has 116 valence electrons. The number of hydrogen-bond donors (Lipinski definition) is 1. The van der Waals surface area contributed by atoms with Gasteiger partial charge in [-0.15, -0.1) is 11.3 Å². The first kappa shape index (κ1) is 16.0. The van der Waals surface area contributed by atoms with Crippen LogP contribution in [0, 0.1) is 6.92 Å². The number of hydrogen-bond acceptors (Lipinski definition) is 6. The van der Waals surface area contributed by atoms with Gasteiger partial charge in [0.25, 0.3) is 5.91 Å². The molecule has 7 heteroatoms. The number of nitrogens with zero attached hydrogens (tertiary/aromatic N) is 1. The summed E-state index contributed by atoms with van der Waals surface area (Å²) in [5.41, 5.74) is 6.32. The molecular weight excluding hydrogens is 304 g/mol. The maximum atomic E-state index is 11.8. The van der Waals surface area contributed by atoms with Crippen LogP contribution in [0.3, 0.4) is 0 Å². The van der Waals surface area contributed by atoms with E-state index in [1.54, 1.807) is 5.38 Å². The fourth-order valence-corrected chi connectivity index (χ4v) is 2.20. The van der Waals surface area contributed by atoms with Gasteiger partial charge < -0.3 is 15.2 Å².